The lowest BCUT2D eigenvalue weighted by atomic mass is 9.86. The minimum atomic E-state index is -0.731. The number of aromatic nitrogens is 2. The van der Waals surface area contributed by atoms with E-state index < -0.39 is 5.97 Å². The highest BCUT2D eigenvalue weighted by Gasteiger charge is 2.27. The van der Waals surface area contributed by atoms with Crippen LogP contribution in [0.25, 0.3) is 0 Å². The number of nitrogens with one attached hydrogen (secondary N) is 1. The maximum Gasteiger partial charge on any atom is 0.306 e. The van der Waals surface area contributed by atoms with Crippen molar-refractivity contribution >= 4 is 11.9 Å². The Hall–Kier alpha value is -1.85. The lowest BCUT2D eigenvalue weighted by Crippen LogP contribution is -2.38. The van der Waals surface area contributed by atoms with Gasteiger partial charge in [0.05, 0.1) is 5.92 Å². The van der Waals surface area contributed by atoms with Gasteiger partial charge < -0.3 is 10.4 Å². The van der Waals surface area contributed by atoms with Gasteiger partial charge in [0, 0.05) is 18.3 Å². The third kappa shape index (κ3) is 3.37. The molecule has 1 heterocycles. The molecule has 20 heavy (non-hydrogen) atoms. The van der Waals surface area contributed by atoms with Crippen LogP contribution >= 0.6 is 0 Å². The van der Waals surface area contributed by atoms with E-state index in [0.717, 1.165) is 0 Å². The van der Waals surface area contributed by atoms with Gasteiger partial charge in [0.2, 0.25) is 0 Å². The van der Waals surface area contributed by atoms with Gasteiger partial charge in [-0.3, -0.25) is 14.3 Å². The second kappa shape index (κ2) is 6.07. The summed E-state index contributed by atoms with van der Waals surface area (Å²) < 4.78 is 1.75. The molecule has 110 valence electrons. The highest BCUT2D eigenvalue weighted by atomic mass is 16.4. The van der Waals surface area contributed by atoms with Crippen LogP contribution in [0.4, 0.5) is 0 Å². The van der Waals surface area contributed by atoms with E-state index in [1.165, 1.54) is 0 Å². The molecule has 0 spiro atoms. The minimum absolute atomic E-state index is 0.0577. The van der Waals surface area contributed by atoms with E-state index in [-0.39, 0.29) is 23.9 Å². The number of carboxylic acids is 1. The van der Waals surface area contributed by atoms with E-state index in [1.54, 1.807) is 16.9 Å². The average molecular weight is 279 g/mol. The Morgan fingerprint density at radius 2 is 2.00 bits per heavy atom. The summed E-state index contributed by atoms with van der Waals surface area (Å²) in [5.74, 6) is -1.17. The molecule has 0 unspecified atom stereocenters. The molecule has 1 saturated carbocycles. The highest BCUT2D eigenvalue weighted by Crippen LogP contribution is 2.24. The molecule has 0 radical (unpaired) electrons. The maximum atomic E-state index is 12.1. The summed E-state index contributed by atoms with van der Waals surface area (Å²) in [6.07, 6.45) is 4.48. The Morgan fingerprint density at radius 3 is 2.50 bits per heavy atom. The number of carboxylic acid groups (broad SMARTS) is 1. The number of hydrogen-bond donors (Lipinski definition) is 2. The van der Waals surface area contributed by atoms with Crippen LogP contribution in [0, 0.1) is 5.92 Å². The van der Waals surface area contributed by atoms with Crippen LogP contribution in [-0.4, -0.2) is 32.8 Å². The SMILES string of the molecule is CC(C)n1ccc(C(=O)NC2CCC(C(=O)O)CC2)n1. The summed E-state index contributed by atoms with van der Waals surface area (Å²) in [5.41, 5.74) is 0.416. The molecule has 6 nitrogen and oxygen atoms in total. The van der Waals surface area contributed by atoms with Crippen LogP contribution in [0.1, 0.15) is 56.1 Å². The number of rotatable bonds is 4. The fourth-order valence-corrected chi connectivity index (χ4v) is 2.49. The normalized spacial score (nSPS) is 22.8. The van der Waals surface area contributed by atoms with Crippen LogP contribution in [0.3, 0.4) is 0 Å². The number of aliphatic carboxylic acids is 1. The van der Waals surface area contributed by atoms with Crippen LogP contribution in [0.2, 0.25) is 0 Å². The van der Waals surface area contributed by atoms with Crippen molar-refractivity contribution in [1.29, 1.82) is 0 Å². The van der Waals surface area contributed by atoms with Crippen LogP contribution in [-0.2, 0) is 4.79 Å². The Morgan fingerprint density at radius 1 is 1.35 bits per heavy atom. The molecule has 0 bridgehead atoms. The predicted molar refractivity (Wildman–Crippen MR) is 73.5 cm³/mol. The first-order valence-electron chi connectivity index (χ1n) is 7.06. The van der Waals surface area contributed by atoms with Crippen molar-refractivity contribution in [2.24, 2.45) is 5.92 Å². The largest absolute Gasteiger partial charge is 0.481 e. The van der Waals surface area contributed by atoms with E-state index in [2.05, 4.69) is 10.4 Å². The second-order valence-electron chi connectivity index (χ2n) is 5.63. The molecule has 1 aliphatic rings. The van der Waals surface area contributed by atoms with Gasteiger partial charge in [-0.2, -0.15) is 5.10 Å². The first kappa shape index (κ1) is 14.6. The van der Waals surface area contributed by atoms with Gasteiger partial charge >= 0.3 is 5.97 Å². The average Bonchev–Trinajstić information content (AvgIpc) is 2.89. The van der Waals surface area contributed by atoms with E-state index in [4.69, 9.17) is 5.11 Å². The standard InChI is InChI=1S/C14H21N3O3/c1-9(2)17-8-7-12(16-17)13(18)15-11-5-3-10(4-6-11)14(19)20/h7-11H,3-6H2,1-2H3,(H,15,18)(H,19,20). The van der Waals surface area contributed by atoms with Crippen molar-refractivity contribution in [3.8, 4) is 0 Å². The van der Waals surface area contributed by atoms with Crippen molar-refractivity contribution in [3.63, 3.8) is 0 Å². The first-order valence-corrected chi connectivity index (χ1v) is 7.06. The summed E-state index contributed by atoms with van der Waals surface area (Å²) in [4.78, 5) is 22.9. The molecule has 1 aromatic heterocycles. The Bertz CT molecular complexity index is 488. The number of carbonyl (C=O) groups is 2. The smallest absolute Gasteiger partial charge is 0.306 e. The summed E-state index contributed by atoms with van der Waals surface area (Å²) in [6, 6.07) is 1.99. The Balaban J connectivity index is 1.87. The van der Waals surface area contributed by atoms with Crippen molar-refractivity contribution in [3.05, 3.63) is 18.0 Å². The lowest BCUT2D eigenvalue weighted by molar-refractivity contribution is -0.142. The van der Waals surface area contributed by atoms with Gasteiger partial charge in [0.15, 0.2) is 0 Å². The van der Waals surface area contributed by atoms with Gasteiger partial charge in [0.25, 0.3) is 5.91 Å². The number of carbonyl (C=O) groups excluding carboxylic acids is 1. The fraction of sp³-hybridized carbons (Fsp3) is 0.643. The lowest BCUT2D eigenvalue weighted by Gasteiger charge is -2.26. The summed E-state index contributed by atoms with van der Waals surface area (Å²) >= 11 is 0. The molecule has 2 rings (SSSR count). The van der Waals surface area contributed by atoms with Gasteiger partial charge in [0.1, 0.15) is 5.69 Å². The molecule has 0 atom stereocenters. The van der Waals surface area contributed by atoms with E-state index in [1.807, 2.05) is 13.8 Å². The zero-order valence-electron chi connectivity index (χ0n) is 11.9. The molecule has 1 amide bonds. The Kier molecular flexibility index (Phi) is 4.42. The van der Waals surface area contributed by atoms with E-state index in [0.29, 0.717) is 31.4 Å². The minimum Gasteiger partial charge on any atom is -0.481 e. The molecule has 0 aliphatic heterocycles. The molecule has 6 heteroatoms. The zero-order valence-corrected chi connectivity index (χ0v) is 11.9. The van der Waals surface area contributed by atoms with Gasteiger partial charge in [-0.1, -0.05) is 0 Å². The van der Waals surface area contributed by atoms with Crippen molar-refractivity contribution in [1.82, 2.24) is 15.1 Å². The zero-order chi connectivity index (χ0) is 14.7. The van der Waals surface area contributed by atoms with E-state index >= 15 is 0 Å². The van der Waals surface area contributed by atoms with Crippen LogP contribution in [0.5, 0.6) is 0 Å². The fourth-order valence-electron chi connectivity index (χ4n) is 2.49. The summed E-state index contributed by atoms with van der Waals surface area (Å²) in [5, 5.41) is 16.1. The third-order valence-corrected chi connectivity index (χ3v) is 3.78. The quantitative estimate of drug-likeness (QED) is 0.880. The number of amides is 1. The predicted octanol–water partition coefficient (Wildman–Crippen LogP) is 1.84. The molecular weight excluding hydrogens is 258 g/mol. The molecule has 0 aromatic carbocycles. The van der Waals surface area contributed by atoms with Crippen LogP contribution in [0.15, 0.2) is 12.3 Å². The topological polar surface area (TPSA) is 84.2 Å². The van der Waals surface area contributed by atoms with Crippen molar-refractivity contribution in [2.75, 3.05) is 0 Å². The molecule has 1 fully saturated rings. The molecule has 2 N–H and O–H groups in total. The summed E-state index contributed by atoms with van der Waals surface area (Å²) in [6.45, 7) is 4.00. The first-order chi connectivity index (χ1) is 9.47. The maximum absolute atomic E-state index is 12.1. The summed E-state index contributed by atoms with van der Waals surface area (Å²) in [7, 11) is 0. The molecular formula is C14H21N3O3. The van der Waals surface area contributed by atoms with Gasteiger partial charge in [-0.15, -0.1) is 0 Å². The number of hydrogen-bond acceptors (Lipinski definition) is 3. The second-order valence-corrected chi connectivity index (χ2v) is 5.63. The molecule has 1 aliphatic carbocycles. The molecule has 0 saturated heterocycles. The number of nitrogens with zero attached hydrogens (tertiary/aromatic N) is 2. The van der Waals surface area contributed by atoms with Crippen LogP contribution < -0.4 is 5.32 Å². The van der Waals surface area contributed by atoms with Crippen molar-refractivity contribution in [2.45, 2.75) is 51.6 Å². The molecule has 1 aromatic rings. The van der Waals surface area contributed by atoms with Crippen molar-refractivity contribution < 1.29 is 14.7 Å². The monoisotopic (exact) mass is 279 g/mol. The van der Waals surface area contributed by atoms with E-state index in [9.17, 15) is 9.59 Å². The van der Waals surface area contributed by atoms with Gasteiger partial charge in [-0.05, 0) is 45.6 Å². The Labute approximate surface area is 118 Å². The highest BCUT2D eigenvalue weighted by molar-refractivity contribution is 5.92. The third-order valence-electron chi connectivity index (χ3n) is 3.78. The van der Waals surface area contributed by atoms with Gasteiger partial charge in [-0.25, -0.2) is 0 Å².